The van der Waals surface area contributed by atoms with E-state index in [4.69, 9.17) is 0 Å². The van der Waals surface area contributed by atoms with Crippen molar-refractivity contribution < 1.29 is 4.79 Å². The molecule has 3 nitrogen and oxygen atoms in total. The zero-order valence-corrected chi connectivity index (χ0v) is 18.3. The maximum Gasteiger partial charge on any atom is 0.252 e. The van der Waals surface area contributed by atoms with E-state index in [1.54, 1.807) is 24.5 Å². The van der Waals surface area contributed by atoms with Gasteiger partial charge in [-0.1, -0.05) is 54.6 Å². The molecule has 0 aliphatic carbocycles. The van der Waals surface area contributed by atoms with Gasteiger partial charge in [0.25, 0.3) is 5.91 Å². The smallest absolute Gasteiger partial charge is 0.252 e. The van der Waals surface area contributed by atoms with Gasteiger partial charge in [0.15, 0.2) is 0 Å². The molecule has 3 aromatic carbocycles. The van der Waals surface area contributed by atoms with E-state index < -0.39 is 7.26 Å². The summed E-state index contributed by atoms with van der Waals surface area (Å²) in [5.41, 5.74) is 0.595. The van der Waals surface area contributed by atoms with Gasteiger partial charge in [0.2, 0.25) is 0 Å². The summed E-state index contributed by atoms with van der Waals surface area (Å²) in [5.74, 6) is -0.0730. The molecule has 1 N–H and O–H groups in total. The molecule has 4 rings (SSSR count). The number of nitrogens with zero attached hydrogens (tertiary/aromatic N) is 1. The number of benzene rings is 3. The van der Waals surface area contributed by atoms with E-state index >= 15 is 0 Å². The van der Waals surface area contributed by atoms with Gasteiger partial charge in [-0.05, 0) is 55.0 Å². The highest BCUT2D eigenvalue weighted by molar-refractivity contribution is 7.95. The summed E-state index contributed by atoms with van der Waals surface area (Å²) in [5, 5.41) is 7.16. The van der Waals surface area contributed by atoms with E-state index in [9.17, 15) is 4.79 Å². The van der Waals surface area contributed by atoms with Gasteiger partial charge in [-0.2, -0.15) is 0 Å². The van der Waals surface area contributed by atoms with Crippen LogP contribution in [0.5, 0.6) is 0 Å². The summed E-state index contributed by atoms with van der Waals surface area (Å²) in [6.07, 6.45) is 5.15. The zero-order valence-electron chi connectivity index (χ0n) is 17.4. The molecule has 4 heteroatoms. The molecule has 1 amide bonds. The largest absolute Gasteiger partial charge is 0.352 e. The molecular formula is C27H26N2OP+. The molecule has 1 heterocycles. The maximum absolute atomic E-state index is 12.4. The van der Waals surface area contributed by atoms with Gasteiger partial charge in [0.1, 0.15) is 23.2 Å². The van der Waals surface area contributed by atoms with E-state index in [-0.39, 0.29) is 5.91 Å². The summed E-state index contributed by atoms with van der Waals surface area (Å²) >= 11 is 0. The van der Waals surface area contributed by atoms with E-state index in [1.807, 2.05) is 0 Å². The highest BCUT2D eigenvalue weighted by atomic mass is 31.2. The van der Waals surface area contributed by atoms with Crippen LogP contribution in [-0.2, 0) is 0 Å². The second-order valence-electron chi connectivity index (χ2n) is 7.39. The quantitative estimate of drug-likeness (QED) is 0.340. The average Bonchev–Trinajstić information content (AvgIpc) is 2.86. The highest BCUT2D eigenvalue weighted by Gasteiger charge is 2.44. The van der Waals surface area contributed by atoms with Crippen molar-refractivity contribution in [3.8, 4) is 0 Å². The van der Waals surface area contributed by atoms with Gasteiger partial charge >= 0.3 is 0 Å². The number of amides is 1. The number of carbonyl (C=O) groups excluding carboxylic acids is 1. The van der Waals surface area contributed by atoms with Crippen molar-refractivity contribution in [2.45, 2.75) is 6.42 Å². The molecule has 0 saturated carbocycles. The summed E-state index contributed by atoms with van der Waals surface area (Å²) in [6.45, 7) is 0.627. The van der Waals surface area contributed by atoms with E-state index in [1.165, 1.54) is 15.9 Å². The minimum Gasteiger partial charge on any atom is -0.352 e. The fraction of sp³-hybridized carbons (Fsp3) is 0.111. The Labute approximate surface area is 184 Å². The lowest BCUT2D eigenvalue weighted by Crippen LogP contribution is -2.34. The van der Waals surface area contributed by atoms with E-state index in [0.29, 0.717) is 12.1 Å². The van der Waals surface area contributed by atoms with Crippen molar-refractivity contribution in [1.82, 2.24) is 10.3 Å². The van der Waals surface area contributed by atoms with Crippen LogP contribution in [0.4, 0.5) is 0 Å². The van der Waals surface area contributed by atoms with Crippen LogP contribution in [0.3, 0.4) is 0 Å². The molecular weight excluding hydrogens is 399 g/mol. The van der Waals surface area contributed by atoms with Crippen LogP contribution < -0.4 is 21.2 Å². The molecule has 0 unspecified atom stereocenters. The summed E-state index contributed by atoms with van der Waals surface area (Å²) in [6, 6.07) is 36.1. The lowest BCUT2D eigenvalue weighted by molar-refractivity contribution is 0.0953. The van der Waals surface area contributed by atoms with Crippen LogP contribution in [0, 0.1) is 0 Å². The molecule has 0 spiro atoms. The third kappa shape index (κ3) is 4.73. The minimum atomic E-state index is -1.85. The Morgan fingerprint density at radius 3 is 1.68 bits per heavy atom. The predicted molar refractivity (Wildman–Crippen MR) is 131 cm³/mol. The first-order valence-corrected chi connectivity index (χ1v) is 12.5. The van der Waals surface area contributed by atoms with Gasteiger partial charge in [-0.25, -0.2) is 0 Å². The molecule has 0 bridgehead atoms. The van der Waals surface area contributed by atoms with Crippen LogP contribution in [0.1, 0.15) is 16.8 Å². The van der Waals surface area contributed by atoms with Crippen molar-refractivity contribution in [3.05, 3.63) is 121 Å². The fourth-order valence-electron chi connectivity index (χ4n) is 4.00. The second kappa shape index (κ2) is 10.1. The van der Waals surface area contributed by atoms with Gasteiger partial charge in [-0.15, -0.1) is 0 Å². The van der Waals surface area contributed by atoms with Gasteiger partial charge in [-0.3, -0.25) is 9.78 Å². The molecule has 0 radical (unpaired) electrons. The molecule has 4 aromatic rings. The maximum atomic E-state index is 12.4. The third-order valence-electron chi connectivity index (χ3n) is 5.47. The normalized spacial score (nSPS) is 11.1. The topological polar surface area (TPSA) is 42.0 Å². The summed E-state index contributed by atoms with van der Waals surface area (Å²) < 4.78 is 0. The molecule has 0 aliphatic rings. The predicted octanol–water partition coefficient (Wildman–Crippen LogP) is 4.20. The number of rotatable bonds is 8. The first-order valence-electron chi connectivity index (χ1n) is 10.5. The number of pyridine rings is 1. The molecule has 154 valence electrons. The molecule has 1 aromatic heterocycles. The van der Waals surface area contributed by atoms with Crippen LogP contribution in [0.25, 0.3) is 0 Å². The lowest BCUT2D eigenvalue weighted by atomic mass is 10.2. The van der Waals surface area contributed by atoms with Crippen LogP contribution in [-0.4, -0.2) is 23.6 Å². The Hall–Kier alpha value is -3.29. The van der Waals surface area contributed by atoms with Crippen LogP contribution in [0.15, 0.2) is 116 Å². The molecule has 0 aliphatic heterocycles. The van der Waals surface area contributed by atoms with Gasteiger partial charge in [0.05, 0.1) is 11.7 Å². The Bertz CT molecular complexity index is 990. The second-order valence-corrected chi connectivity index (χ2v) is 11.0. The van der Waals surface area contributed by atoms with Crippen LogP contribution in [0.2, 0.25) is 0 Å². The van der Waals surface area contributed by atoms with Gasteiger partial charge in [0, 0.05) is 18.9 Å². The number of nitrogens with one attached hydrogen (secondary N) is 1. The van der Waals surface area contributed by atoms with Gasteiger partial charge < -0.3 is 5.32 Å². The number of carbonyl (C=O) groups is 1. The Morgan fingerprint density at radius 1 is 0.710 bits per heavy atom. The third-order valence-corrected chi connectivity index (χ3v) is 10.00. The van der Waals surface area contributed by atoms with E-state index in [0.717, 1.165) is 12.6 Å². The summed E-state index contributed by atoms with van der Waals surface area (Å²) in [7, 11) is -1.85. The standard InChI is InChI=1S/C27H25N2OP/c30-27(23-12-10-19-28-22-23)29-20-11-21-31(24-13-4-1-5-14-24,25-15-6-2-7-16-25)26-17-8-3-9-18-26/h1-10,12-19,22H,11,20-21H2/p+1. The number of hydrogen-bond acceptors (Lipinski definition) is 2. The first kappa shape index (κ1) is 21.0. The molecule has 31 heavy (non-hydrogen) atoms. The summed E-state index contributed by atoms with van der Waals surface area (Å²) in [4.78, 5) is 16.5. The van der Waals surface area contributed by atoms with Crippen molar-refractivity contribution in [1.29, 1.82) is 0 Å². The van der Waals surface area contributed by atoms with Crippen LogP contribution >= 0.6 is 7.26 Å². The monoisotopic (exact) mass is 425 g/mol. The minimum absolute atomic E-state index is 0.0730. The molecule has 0 fully saturated rings. The Balaban J connectivity index is 1.63. The first-order chi connectivity index (χ1) is 15.3. The highest BCUT2D eigenvalue weighted by Crippen LogP contribution is 2.55. The zero-order chi connectivity index (χ0) is 21.4. The van der Waals surface area contributed by atoms with Crippen molar-refractivity contribution in [3.63, 3.8) is 0 Å². The molecule has 0 saturated heterocycles. The molecule has 0 atom stereocenters. The lowest BCUT2D eigenvalue weighted by Gasteiger charge is -2.27. The Kier molecular flexibility index (Phi) is 6.86. The number of hydrogen-bond donors (Lipinski definition) is 1. The SMILES string of the molecule is O=C(NCCC[P+](c1ccccc1)(c1ccccc1)c1ccccc1)c1cccnc1. The van der Waals surface area contributed by atoms with Crippen molar-refractivity contribution >= 4 is 29.1 Å². The average molecular weight is 425 g/mol. The number of aromatic nitrogens is 1. The van der Waals surface area contributed by atoms with E-state index in [2.05, 4.69) is 101 Å². The van der Waals surface area contributed by atoms with Crippen molar-refractivity contribution in [2.75, 3.05) is 12.7 Å². The van der Waals surface area contributed by atoms with Crippen molar-refractivity contribution in [2.24, 2.45) is 0 Å². The fourth-order valence-corrected chi connectivity index (χ4v) is 8.34. The Morgan fingerprint density at radius 2 is 1.23 bits per heavy atom.